The van der Waals surface area contributed by atoms with E-state index in [1.54, 1.807) is 0 Å². The Balaban J connectivity index is 1.96. The predicted molar refractivity (Wildman–Crippen MR) is 125 cm³/mol. The number of carbonyl (C=O) groups excluding carboxylic acids is 1. The Morgan fingerprint density at radius 3 is 1.15 bits per heavy atom. The lowest BCUT2D eigenvalue weighted by Gasteiger charge is -2.08. The van der Waals surface area contributed by atoms with Crippen LogP contribution in [0.2, 0.25) is 0 Å². The van der Waals surface area contributed by atoms with Gasteiger partial charge in [-0.05, 0) is 6.42 Å². The Bertz CT molecular complexity index is 680. The van der Waals surface area contributed by atoms with E-state index < -0.39 is 40.8 Å². The van der Waals surface area contributed by atoms with Gasteiger partial charge in [-0.25, -0.2) is 13.2 Å². The number of hydrogen-bond donors (Lipinski definition) is 0. The van der Waals surface area contributed by atoms with Crippen LogP contribution in [0.5, 0.6) is 5.75 Å². The van der Waals surface area contributed by atoms with Crippen molar-refractivity contribution in [2.75, 3.05) is 0 Å². The predicted octanol–water partition coefficient (Wildman–Crippen LogP) is 9.72. The molecule has 0 saturated heterocycles. The molecular weight excluding hydrogens is 451 g/mol. The van der Waals surface area contributed by atoms with Gasteiger partial charge in [0.05, 0.1) is 0 Å². The zero-order chi connectivity index (χ0) is 25.2. The van der Waals surface area contributed by atoms with Gasteiger partial charge in [0.15, 0.2) is 0 Å². The van der Waals surface area contributed by atoms with Crippen LogP contribution in [-0.4, -0.2) is 5.97 Å². The van der Waals surface area contributed by atoms with Crippen LogP contribution in [0.15, 0.2) is 0 Å². The summed E-state index contributed by atoms with van der Waals surface area (Å²) in [5.41, 5.74) is 0. The highest BCUT2D eigenvalue weighted by Crippen LogP contribution is 2.29. The topological polar surface area (TPSA) is 26.3 Å². The van der Waals surface area contributed by atoms with E-state index >= 15 is 0 Å². The van der Waals surface area contributed by atoms with Gasteiger partial charge in [0, 0.05) is 6.42 Å². The number of benzene rings is 1. The molecule has 0 aliphatic heterocycles. The van der Waals surface area contributed by atoms with E-state index in [1.165, 1.54) is 83.5 Å². The highest BCUT2D eigenvalue weighted by Gasteiger charge is 2.28. The molecule has 0 radical (unpaired) electrons. The summed E-state index contributed by atoms with van der Waals surface area (Å²) in [5.74, 6) is -13.4. The highest BCUT2D eigenvalue weighted by atomic mass is 19.2. The van der Waals surface area contributed by atoms with Crippen molar-refractivity contribution in [1.29, 1.82) is 0 Å². The number of unbranched alkanes of at least 4 members (excludes halogenated alkanes) is 17. The standard InChI is InChI=1S/C27H41F5O2/c1-2-3-4-5-6-7-8-9-10-11-12-13-14-15-16-17-18-19-20-21(33)34-27-25(31)23(29)22(28)24(30)26(27)32/h2-20H2,1H3. The Morgan fingerprint density at radius 2 is 0.794 bits per heavy atom. The molecule has 0 aliphatic carbocycles. The molecule has 0 saturated carbocycles. The van der Waals surface area contributed by atoms with Crippen LogP contribution < -0.4 is 4.74 Å². The third kappa shape index (κ3) is 12.2. The second kappa shape index (κ2) is 18.6. The van der Waals surface area contributed by atoms with Gasteiger partial charge >= 0.3 is 5.97 Å². The molecule has 7 heteroatoms. The van der Waals surface area contributed by atoms with E-state index in [0.29, 0.717) is 6.42 Å². The van der Waals surface area contributed by atoms with Crippen LogP contribution >= 0.6 is 0 Å². The maximum absolute atomic E-state index is 13.5. The van der Waals surface area contributed by atoms with Crippen LogP contribution in [0.3, 0.4) is 0 Å². The fourth-order valence-electron chi connectivity index (χ4n) is 4.01. The zero-order valence-electron chi connectivity index (χ0n) is 20.6. The molecule has 0 heterocycles. The fraction of sp³-hybridized carbons (Fsp3) is 0.741. The van der Waals surface area contributed by atoms with Gasteiger partial charge in [-0.2, -0.15) is 8.78 Å². The van der Waals surface area contributed by atoms with Crippen molar-refractivity contribution in [3.8, 4) is 5.75 Å². The van der Waals surface area contributed by atoms with E-state index in [0.717, 1.165) is 25.7 Å². The van der Waals surface area contributed by atoms with E-state index in [4.69, 9.17) is 0 Å². The van der Waals surface area contributed by atoms with Gasteiger partial charge in [-0.1, -0.05) is 116 Å². The molecule has 0 aliphatic rings. The van der Waals surface area contributed by atoms with Crippen molar-refractivity contribution in [2.45, 2.75) is 129 Å². The van der Waals surface area contributed by atoms with Gasteiger partial charge in [-0.3, -0.25) is 4.79 Å². The molecule has 1 aromatic rings. The van der Waals surface area contributed by atoms with Crippen molar-refractivity contribution in [3.05, 3.63) is 29.1 Å². The third-order valence-electron chi connectivity index (χ3n) is 6.12. The van der Waals surface area contributed by atoms with Gasteiger partial charge in [-0.15, -0.1) is 0 Å². The molecule has 0 fully saturated rings. The Hall–Kier alpha value is -1.66. The zero-order valence-corrected chi connectivity index (χ0v) is 20.6. The maximum atomic E-state index is 13.5. The first-order valence-corrected chi connectivity index (χ1v) is 13.1. The van der Waals surface area contributed by atoms with E-state index in [9.17, 15) is 26.7 Å². The van der Waals surface area contributed by atoms with Crippen LogP contribution in [0.25, 0.3) is 0 Å². The molecule has 34 heavy (non-hydrogen) atoms. The quantitative estimate of drug-likeness (QED) is 0.0452. The maximum Gasteiger partial charge on any atom is 0.311 e. The number of rotatable bonds is 20. The fourth-order valence-corrected chi connectivity index (χ4v) is 4.01. The third-order valence-corrected chi connectivity index (χ3v) is 6.12. The summed E-state index contributed by atoms with van der Waals surface area (Å²) >= 11 is 0. The van der Waals surface area contributed by atoms with Crippen molar-refractivity contribution >= 4 is 5.97 Å². The minimum Gasteiger partial charge on any atom is -0.420 e. The number of hydrogen-bond acceptors (Lipinski definition) is 2. The Morgan fingerprint density at radius 1 is 0.500 bits per heavy atom. The average Bonchev–Trinajstić information content (AvgIpc) is 2.83. The number of esters is 1. The van der Waals surface area contributed by atoms with Gasteiger partial charge in [0.1, 0.15) is 0 Å². The SMILES string of the molecule is CCCCCCCCCCCCCCCCCCCCC(=O)Oc1c(F)c(F)c(F)c(F)c1F. The molecule has 0 unspecified atom stereocenters. The molecule has 0 spiro atoms. The van der Waals surface area contributed by atoms with Crippen molar-refractivity contribution in [3.63, 3.8) is 0 Å². The summed E-state index contributed by atoms with van der Waals surface area (Å²) < 4.78 is 70.7. The molecule has 0 atom stereocenters. The number of carbonyl (C=O) groups is 1. The normalized spacial score (nSPS) is 11.2. The van der Waals surface area contributed by atoms with Crippen molar-refractivity contribution in [2.24, 2.45) is 0 Å². The Labute approximate surface area is 201 Å². The second-order valence-corrected chi connectivity index (χ2v) is 9.13. The van der Waals surface area contributed by atoms with Crippen LogP contribution in [0.1, 0.15) is 129 Å². The molecular formula is C27H41F5O2. The lowest BCUT2D eigenvalue weighted by Crippen LogP contribution is -2.13. The molecule has 2 nitrogen and oxygen atoms in total. The van der Waals surface area contributed by atoms with E-state index in [2.05, 4.69) is 11.7 Å². The summed E-state index contributed by atoms with van der Waals surface area (Å²) in [5, 5.41) is 0. The largest absolute Gasteiger partial charge is 0.420 e. The van der Waals surface area contributed by atoms with Crippen molar-refractivity contribution in [1.82, 2.24) is 0 Å². The molecule has 1 rings (SSSR count). The molecule has 1 aromatic carbocycles. The van der Waals surface area contributed by atoms with E-state index in [-0.39, 0.29) is 6.42 Å². The van der Waals surface area contributed by atoms with Crippen molar-refractivity contribution < 1.29 is 31.5 Å². The minimum absolute atomic E-state index is 0.141. The van der Waals surface area contributed by atoms with E-state index in [1.807, 2.05) is 0 Å². The second-order valence-electron chi connectivity index (χ2n) is 9.13. The first kappa shape index (κ1) is 30.4. The summed E-state index contributed by atoms with van der Waals surface area (Å²) in [7, 11) is 0. The van der Waals surface area contributed by atoms with Crippen LogP contribution in [0.4, 0.5) is 22.0 Å². The smallest absolute Gasteiger partial charge is 0.311 e. The summed E-state index contributed by atoms with van der Waals surface area (Å²) in [6.45, 7) is 2.24. The lowest BCUT2D eigenvalue weighted by atomic mass is 10.0. The van der Waals surface area contributed by atoms with Gasteiger partial charge in [0.2, 0.25) is 34.8 Å². The van der Waals surface area contributed by atoms with Crippen LogP contribution in [0, 0.1) is 29.1 Å². The molecule has 0 amide bonds. The molecule has 196 valence electrons. The summed E-state index contributed by atoms with van der Waals surface area (Å²) in [4.78, 5) is 11.7. The molecule has 0 bridgehead atoms. The van der Waals surface area contributed by atoms with Gasteiger partial charge in [0.25, 0.3) is 0 Å². The highest BCUT2D eigenvalue weighted by molar-refractivity contribution is 5.72. The monoisotopic (exact) mass is 492 g/mol. The van der Waals surface area contributed by atoms with Crippen LogP contribution in [-0.2, 0) is 4.79 Å². The molecule has 0 aromatic heterocycles. The summed E-state index contributed by atoms with van der Waals surface area (Å²) in [6.07, 6.45) is 21.4. The minimum atomic E-state index is -2.28. The number of halogens is 5. The molecule has 0 N–H and O–H groups in total. The first-order valence-electron chi connectivity index (χ1n) is 13.1. The first-order chi connectivity index (χ1) is 16.4. The van der Waals surface area contributed by atoms with Gasteiger partial charge < -0.3 is 4.74 Å². The average molecular weight is 493 g/mol. The number of ether oxygens (including phenoxy) is 1. The lowest BCUT2D eigenvalue weighted by molar-refractivity contribution is -0.135. The Kier molecular flexibility index (Phi) is 16.7. The summed E-state index contributed by atoms with van der Waals surface area (Å²) in [6, 6.07) is 0.